The average molecular weight is 172 g/mol. The molecule has 2 heteroatoms. The van der Waals surface area contributed by atoms with Gasteiger partial charge >= 0.3 is 0 Å². The topological polar surface area (TPSA) is 32.1 Å². The summed E-state index contributed by atoms with van der Waals surface area (Å²) < 4.78 is 0. The van der Waals surface area contributed by atoms with Gasteiger partial charge in [-0.25, -0.2) is 0 Å². The maximum atomic E-state index is 3.87. The first-order valence-electron chi connectivity index (χ1n) is 5.45. The number of nitrogens with one attached hydrogen (secondary N) is 1. The summed E-state index contributed by atoms with van der Waals surface area (Å²) in [6.45, 7) is 7.72. The third-order valence-corrected chi connectivity index (χ3v) is 2.89. The summed E-state index contributed by atoms with van der Waals surface area (Å²) in [5.41, 5.74) is 3.87. The molecule has 1 rings (SSSR count). The Morgan fingerprint density at radius 2 is 2.25 bits per heavy atom. The van der Waals surface area contributed by atoms with Crippen molar-refractivity contribution in [2.24, 2.45) is 5.92 Å². The molecule has 12 heavy (non-hydrogen) atoms. The summed E-state index contributed by atoms with van der Waals surface area (Å²) in [5, 5.41) is 0. The van der Waals surface area contributed by atoms with Gasteiger partial charge in [0.1, 0.15) is 0 Å². The predicted molar refractivity (Wildman–Crippen MR) is 51.0 cm³/mol. The molecule has 0 saturated carbocycles. The Kier molecular flexibility index (Phi) is 4.62. The van der Waals surface area contributed by atoms with Crippen LogP contribution in [0.2, 0.25) is 0 Å². The molecule has 1 aliphatic heterocycles. The highest BCUT2D eigenvalue weighted by Crippen LogP contribution is 2.04. The number of unbranched alkanes of at least 4 members (excludes halogenated alkanes) is 1. The van der Waals surface area contributed by atoms with E-state index in [4.69, 9.17) is 0 Å². The van der Waals surface area contributed by atoms with Crippen LogP contribution in [0.25, 0.3) is 0 Å². The van der Waals surface area contributed by atoms with E-state index in [1.54, 1.807) is 0 Å². The van der Waals surface area contributed by atoms with Gasteiger partial charge in [0.15, 0.2) is 0 Å². The lowest BCUT2D eigenvalue weighted by Gasteiger charge is -2.27. The minimum Gasteiger partial charge on any atom is -0.358 e. The second kappa shape index (κ2) is 5.55. The zero-order chi connectivity index (χ0) is 8.81. The van der Waals surface area contributed by atoms with Crippen LogP contribution in [0.4, 0.5) is 0 Å². The molecule has 0 aromatic rings. The molecular weight excluding hydrogens is 148 g/mol. The summed E-state index contributed by atoms with van der Waals surface area (Å²) in [6.07, 6.45) is 5.60. The summed E-state index contributed by atoms with van der Waals surface area (Å²) in [6, 6.07) is 0. The SMILES string of the molecule is C[C@@H]1CCC[NH+](CCCC[NH3+])C1. The second-order valence-corrected chi connectivity index (χ2v) is 4.26. The Morgan fingerprint density at radius 3 is 2.92 bits per heavy atom. The Hall–Kier alpha value is -0.0800. The van der Waals surface area contributed by atoms with E-state index in [2.05, 4.69) is 12.7 Å². The molecule has 1 heterocycles. The first kappa shape index (κ1) is 10.0. The highest BCUT2D eigenvalue weighted by molar-refractivity contribution is 4.55. The lowest BCUT2D eigenvalue weighted by molar-refractivity contribution is -0.908. The first-order valence-corrected chi connectivity index (χ1v) is 5.45. The predicted octanol–water partition coefficient (Wildman–Crippen LogP) is -0.677. The molecule has 2 atom stereocenters. The molecule has 0 aromatic carbocycles. The molecule has 0 aromatic heterocycles. The van der Waals surface area contributed by atoms with E-state index in [1.807, 2.05) is 4.90 Å². The fourth-order valence-corrected chi connectivity index (χ4v) is 2.18. The van der Waals surface area contributed by atoms with Crippen LogP contribution in [0.3, 0.4) is 0 Å². The van der Waals surface area contributed by atoms with Crippen LogP contribution in [0, 0.1) is 5.92 Å². The average Bonchev–Trinajstić information content (AvgIpc) is 2.05. The van der Waals surface area contributed by atoms with Crippen molar-refractivity contribution in [3.63, 3.8) is 0 Å². The quantitative estimate of drug-likeness (QED) is 0.527. The van der Waals surface area contributed by atoms with Gasteiger partial charge in [-0.3, -0.25) is 0 Å². The zero-order valence-corrected chi connectivity index (χ0v) is 8.44. The van der Waals surface area contributed by atoms with Crippen LogP contribution in [-0.2, 0) is 0 Å². The van der Waals surface area contributed by atoms with Crippen molar-refractivity contribution in [3.05, 3.63) is 0 Å². The van der Waals surface area contributed by atoms with E-state index in [0.29, 0.717) is 0 Å². The number of rotatable bonds is 4. The summed E-state index contributed by atoms with van der Waals surface area (Å²) in [5.74, 6) is 0.966. The molecule has 4 N–H and O–H groups in total. The van der Waals surface area contributed by atoms with E-state index in [0.717, 1.165) is 12.5 Å². The molecule has 0 spiro atoms. The summed E-state index contributed by atoms with van der Waals surface area (Å²) >= 11 is 0. The van der Waals surface area contributed by atoms with Gasteiger partial charge in [0.05, 0.1) is 26.2 Å². The standard InChI is InChI=1S/C10H22N2/c1-10-5-4-8-12(9-10)7-3-2-6-11/h10H,2-9,11H2,1H3/p+2/t10-/m1/s1. The van der Waals surface area contributed by atoms with Crippen molar-refractivity contribution in [1.82, 2.24) is 0 Å². The third kappa shape index (κ3) is 3.55. The smallest absolute Gasteiger partial charge is 0.0796 e. The summed E-state index contributed by atoms with van der Waals surface area (Å²) in [7, 11) is 0. The van der Waals surface area contributed by atoms with Gasteiger partial charge in [0.25, 0.3) is 0 Å². The van der Waals surface area contributed by atoms with Crippen molar-refractivity contribution < 1.29 is 10.6 Å². The minimum atomic E-state index is 0.966. The molecular formula is C10H24N2+2. The van der Waals surface area contributed by atoms with Gasteiger partial charge in [-0.05, 0) is 12.8 Å². The van der Waals surface area contributed by atoms with Crippen molar-refractivity contribution in [3.8, 4) is 0 Å². The Bertz CT molecular complexity index is 114. The fraction of sp³-hybridized carbons (Fsp3) is 1.00. The Labute approximate surface area is 76.1 Å². The van der Waals surface area contributed by atoms with Gasteiger partial charge < -0.3 is 10.6 Å². The number of likely N-dealkylation sites (tertiary alicyclic amines) is 1. The maximum Gasteiger partial charge on any atom is 0.0796 e. The Balaban J connectivity index is 2.06. The monoisotopic (exact) mass is 172 g/mol. The molecule has 0 amide bonds. The van der Waals surface area contributed by atoms with Gasteiger partial charge in [0.2, 0.25) is 0 Å². The minimum absolute atomic E-state index is 0.966. The molecule has 0 bridgehead atoms. The van der Waals surface area contributed by atoms with E-state index < -0.39 is 0 Å². The van der Waals surface area contributed by atoms with Crippen LogP contribution < -0.4 is 10.6 Å². The maximum absolute atomic E-state index is 3.87. The van der Waals surface area contributed by atoms with Crippen LogP contribution in [0.1, 0.15) is 32.6 Å². The normalized spacial score (nSPS) is 30.5. The van der Waals surface area contributed by atoms with Crippen LogP contribution in [-0.4, -0.2) is 26.2 Å². The van der Waals surface area contributed by atoms with Crippen LogP contribution >= 0.6 is 0 Å². The largest absolute Gasteiger partial charge is 0.358 e. The Morgan fingerprint density at radius 1 is 1.42 bits per heavy atom. The van der Waals surface area contributed by atoms with Gasteiger partial charge in [-0.2, -0.15) is 0 Å². The molecule has 2 nitrogen and oxygen atoms in total. The van der Waals surface area contributed by atoms with E-state index in [1.165, 1.54) is 45.3 Å². The lowest BCUT2D eigenvalue weighted by Crippen LogP contribution is -3.13. The molecule has 0 aliphatic carbocycles. The molecule has 72 valence electrons. The number of quaternary nitrogens is 2. The van der Waals surface area contributed by atoms with Gasteiger partial charge in [-0.1, -0.05) is 6.92 Å². The van der Waals surface area contributed by atoms with E-state index in [9.17, 15) is 0 Å². The van der Waals surface area contributed by atoms with E-state index >= 15 is 0 Å². The second-order valence-electron chi connectivity index (χ2n) is 4.26. The van der Waals surface area contributed by atoms with Gasteiger partial charge in [-0.15, -0.1) is 0 Å². The van der Waals surface area contributed by atoms with Gasteiger partial charge in [0, 0.05) is 18.8 Å². The third-order valence-electron chi connectivity index (χ3n) is 2.89. The number of piperidine rings is 1. The number of hydrogen-bond acceptors (Lipinski definition) is 0. The first-order chi connectivity index (χ1) is 5.83. The molecule has 1 aliphatic rings. The van der Waals surface area contributed by atoms with Crippen molar-refractivity contribution >= 4 is 0 Å². The molecule has 1 saturated heterocycles. The van der Waals surface area contributed by atoms with E-state index in [-0.39, 0.29) is 0 Å². The summed E-state index contributed by atoms with van der Waals surface area (Å²) in [4.78, 5) is 1.84. The fourth-order valence-electron chi connectivity index (χ4n) is 2.18. The molecule has 1 fully saturated rings. The molecule has 0 radical (unpaired) electrons. The van der Waals surface area contributed by atoms with Crippen molar-refractivity contribution in [2.75, 3.05) is 26.2 Å². The van der Waals surface area contributed by atoms with Crippen LogP contribution in [0.5, 0.6) is 0 Å². The van der Waals surface area contributed by atoms with Crippen molar-refractivity contribution in [1.29, 1.82) is 0 Å². The molecule has 1 unspecified atom stereocenters. The number of hydrogen-bond donors (Lipinski definition) is 2. The van der Waals surface area contributed by atoms with Crippen molar-refractivity contribution in [2.45, 2.75) is 32.6 Å². The van der Waals surface area contributed by atoms with Crippen LogP contribution in [0.15, 0.2) is 0 Å². The lowest BCUT2D eigenvalue weighted by atomic mass is 10.0. The highest BCUT2D eigenvalue weighted by atomic mass is 15.1. The zero-order valence-electron chi connectivity index (χ0n) is 8.44. The highest BCUT2D eigenvalue weighted by Gasteiger charge is 2.18.